The normalized spacial score (nSPS) is 14.8. The van der Waals surface area contributed by atoms with E-state index in [9.17, 15) is 24.0 Å². The average Bonchev–Trinajstić information content (AvgIpc) is 2.95. The van der Waals surface area contributed by atoms with E-state index in [1.807, 2.05) is 37.3 Å². The number of alkyl halides is 2. The van der Waals surface area contributed by atoms with Gasteiger partial charge in [0.15, 0.2) is 0 Å². The second-order valence-electron chi connectivity index (χ2n) is 12.0. The van der Waals surface area contributed by atoms with Gasteiger partial charge in [-0.3, -0.25) is 14.4 Å². The molecule has 11 nitrogen and oxygen atoms in total. The maximum atomic E-state index is 13.9. The first kappa shape index (κ1) is 39.0. The Bertz CT molecular complexity index is 1100. The zero-order valence-electron chi connectivity index (χ0n) is 26.9. The third-order valence-electron chi connectivity index (χ3n) is 6.74. The zero-order chi connectivity index (χ0) is 33.6. The van der Waals surface area contributed by atoms with Gasteiger partial charge in [-0.2, -0.15) is 0 Å². The van der Waals surface area contributed by atoms with Crippen molar-refractivity contribution in [1.82, 2.24) is 20.9 Å². The maximum absolute atomic E-state index is 13.9. The highest BCUT2D eigenvalue weighted by molar-refractivity contribution is 6.28. The van der Waals surface area contributed by atoms with E-state index < -0.39 is 65.4 Å². The minimum absolute atomic E-state index is 0.00216. The van der Waals surface area contributed by atoms with Crippen LogP contribution in [0.5, 0.6) is 0 Å². The number of hydrogen-bond donors (Lipinski definition) is 3. The van der Waals surface area contributed by atoms with E-state index in [4.69, 9.17) is 32.7 Å². The molecule has 1 rings (SSSR count). The molecule has 0 fully saturated rings. The molecule has 0 spiro atoms. The van der Waals surface area contributed by atoms with Gasteiger partial charge in [-0.1, -0.05) is 64.4 Å². The summed E-state index contributed by atoms with van der Waals surface area (Å²) in [6.45, 7) is 11.7. The van der Waals surface area contributed by atoms with Gasteiger partial charge in [0, 0.05) is 18.8 Å². The lowest BCUT2D eigenvalue weighted by atomic mass is 9.96. The SMILES string of the molecule is CC[C@H](C)[C@H](NC(=O)CN(CC(Cl)CCl)C(=O)[C@H](Cc1ccccc1)NC(=O)OC(C)(C)C)C(=O)N[C@H](C(=O)OC)C(C)C. The molecular weight excluding hydrogens is 611 g/mol. The zero-order valence-corrected chi connectivity index (χ0v) is 28.5. The van der Waals surface area contributed by atoms with Crippen molar-refractivity contribution in [2.45, 2.75) is 90.4 Å². The molecule has 44 heavy (non-hydrogen) atoms. The summed E-state index contributed by atoms with van der Waals surface area (Å²) < 4.78 is 10.2. The van der Waals surface area contributed by atoms with Crippen molar-refractivity contribution in [2.75, 3.05) is 26.1 Å². The molecule has 1 aromatic rings. The van der Waals surface area contributed by atoms with Gasteiger partial charge in [0.2, 0.25) is 17.7 Å². The summed E-state index contributed by atoms with van der Waals surface area (Å²) in [5.41, 5.74) is -0.0393. The lowest BCUT2D eigenvalue weighted by Gasteiger charge is -2.31. The van der Waals surface area contributed by atoms with Gasteiger partial charge in [-0.15, -0.1) is 23.2 Å². The van der Waals surface area contributed by atoms with Crippen LogP contribution >= 0.6 is 23.2 Å². The highest BCUT2D eigenvalue weighted by Crippen LogP contribution is 2.14. The Hall–Kier alpha value is -3.05. The van der Waals surface area contributed by atoms with Crippen LogP contribution in [-0.2, 0) is 35.1 Å². The van der Waals surface area contributed by atoms with Crippen molar-refractivity contribution < 1.29 is 33.4 Å². The first-order valence-corrected chi connectivity index (χ1v) is 15.7. The summed E-state index contributed by atoms with van der Waals surface area (Å²) in [6, 6.07) is 6.05. The van der Waals surface area contributed by atoms with Gasteiger partial charge in [-0.25, -0.2) is 9.59 Å². The molecule has 13 heteroatoms. The summed E-state index contributed by atoms with van der Waals surface area (Å²) in [5, 5.41) is 7.34. The Morgan fingerprint density at radius 2 is 1.57 bits per heavy atom. The molecule has 0 radical (unpaired) electrons. The van der Waals surface area contributed by atoms with E-state index in [2.05, 4.69) is 16.0 Å². The molecule has 248 valence electrons. The van der Waals surface area contributed by atoms with Crippen LogP contribution in [0.3, 0.4) is 0 Å². The predicted octanol–water partition coefficient (Wildman–Crippen LogP) is 3.64. The average molecular weight is 660 g/mol. The largest absolute Gasteiger partial charge is 0.467 e. The Balaban J connectivity index is 3.28. The summed E-state index contributed by atoms with van der Waals surface area (Å²) in [6.07, 6.45) is -0.136. The van der Waals surface area contributed by atoms with Gasteiger partial charge < -0.3 is 30.3 Å². The number of carbonyl (C=O) groups excluding carboxylic acids is 5. The number of hydrogen-bond acceptors (Lipinski definition) is 7. The topological polar surface area (TPSA) is 143 Å². The number of amides is 4. The fourth-order valence-electron chi connectivity index (χ4n) is 4.20. The number of benzene rings is 1. The Labute approximate surface area is 271 Å². The number of rotatable bonds is 16. The fraction of sp³-hybridized carbons (Fsp3) is 0.645. The molecule has 0 saturated heterocycles. The van der Waals surface area contributed by atoms with Crippen LogP contribution in [-0.4, -0.2) is 89.9 Å². The molecule has 4 amide bonds. The van der Waals surface area contributed by atoms with E-state index in [-0.39, 0.29) is 30.7 Å². The number of alkyl carbamates (subject to hydrolysis) is 1. The molecule has 1 unspecified atom stereocenters. The Morgan fingerprint density at radius 3 is 2.07 bits per heavy atom. The minimum atomic E-state index is -1.10. The van der Waals surface area contributed by atoms with Crippen LogP contribution in [0.25, 0.3) is 0 Å². The van der Waals surface area contributed by atoms with E-state index in [1.54, 1.807) is 41.5 Å². The molecule has 0 heterocycles. The number of nitrogens with one attached hydrogen (secondary N) is 3. The quantitative estimate of drug-likeness (QED) is 0.182. The van der Waals surface area contributed by atoms with Crippen molar-refractivity contribution in [3.05, 3.63) is 35.9 Å². The molecular formula is C31H48Cl2N4O7. The standard InChI is InChI=1S/C31H48Cl2N4O7/c1-9-20(4)26(27(39)36-25(19(2)3)29(41)43-8)35-24(38)18-37(17-22(33)16-32)28(40)23(15-21-13-11-10-12-14-21)34-30(42)44-31(5,6)7/h10-14,19-20,22-23,25-26H,9,15-18H2,1-8H3,(H,34,42)(H,35,38)(H,36,39)/t20-,22?,23-,25-,26-/m0/s1. The molecule has 0 aromatic heterocycles. The van der Waals surface area contributed by atoms with Gasteiger partial charge in [0.25, 0.3) is 0 Å². The van der Waals surface area contributed by atoms with E-state index in [0.29, 0.717) is 6.42 Å². The predicted molar refractivity (Wildman–Crippen MR) is 170 cm³/mol. The van der Waals surface area contributed by atoms with E-state index in [1.165, 1.54) is 12.0 Å². The lowest BCUT2D eigenvalue weighted by Crippen LogP contribution is -2.58. The third kappa shape index (κ3) is 13.7. The van der Waals surface area contributed by atoms with Crippen molar-refractivity contribution >= 4 is 53.0 Å². The number of nitrogens with zero attached hydrogens (tertiary/aromatic N) is 1. The van der Waals surface area contributed by atoms with Gasteiger partial charge in [0.1, 0.15) is 23.7 Å². The molecule has 0 aliphatic heterocycles. The smallest absolute Gasteiger partial charge is 0.408 e. The monoisotopic (exact) mass is 658 g/mol. The van der Waals surface area contributed by atoms with E-state index in [0.717, 1.165) is 5.56 Å². The molecule has 0 aliphatic rings. The molecule has 1 aromatic carbocycles. The molecule has 0 bridgehead atoms. The number of halogens is 2. The highest BCUT2D eigenvalue weighted by Gasteiger charge is 2.34. The van der Waals surface area contributed by atoms with Gasteiger partial charge in [0.05, 0.1) is 19.0 Å². The third-order valence-corrected chi connectivity index (χ3v) is 7.56. The van der Waals surface area contributed by atoms with Crippen LogP contribution in [0.1, 0.15) is 60.5 Å². The molecule has 0 aliphatic carbocycles. The maximum Gasteiger partial charge on any atom is 0.408 e. The Kier molecular flexibility index (Phi) is 16.6. The van der Waals surface area contributed by atoms with Crippen LogP contribution in [0, 0.1) is 11.8 Å². The summed E-state index contributed by atoms with van der Waals surface area (Å²) in [4.78, 5) is 66.8. The Morgan fingerprint density at radius 1 is 0.955 bits per heavy atom. The number of carbonyl (C=O) groups is 5. The second-order valence-corrected chi connectivity index (χ2v) is 13.0. The number of methoxy groups -OCH3 is 1. The molecule has 5 atom stereocenters. The van der Waals surface area contributed by atoms with Crippen molar-refractivity contribution in [2.24, 2.45) is 11.8 Å². The van der Waals surface area contributed by atoms with Crippen molar-refractivity contribution in [1.29, 1.82) is 0 Å². The molecule has 3 N–H and O–H groups in total. The highest BCUT2D eigenvalue weighted by atomic mass is 35.5. The van der Waals surface area contributed by atoms with Gasteiger partial charge in [-0.05, 0) is 38.2 Å². The number of esters is 1. The fourth-order valence-corrected chi connectivity index (χ4v) is 4.47. The van der Waals surface area contributed by atoms with Crippen molar-refractivity contribution in [3.63, 3.8) is 0 Å². The first-order valence-electron chi connectivity index (χ1n) is 14.7. The number of ether oxygens (including phenoxy) is 2. The first-order chi connectivity index (χ1) is 20.5. The summed E-state index contributed by atoms with van der Waals surface area (Å²) in [5.74, 6) is -2.94. The van der Waals surface area contributed by atoms with Gasteiger partial charge >= 0.3 is 12.1 Å². The minimum Gasteiger partial charge on any atom is -0.467 e. The lowest BCUT2D eigenvalue weighted by molar-refractivity contribution is -0.147. The van der Waals surface area contributed by atoms with E-state index >= 15 is 0 Å². The summed E-state index contributed by atoms with van der Waals surface area (Å²) in [7, 11) is 1.23. The van der Waals surface area contributed by atoms with Crippen molar-refractivity contribution in [3.8, 4) is 0 Å². The second kappa shape index (κ2) is 18.7. The van der Waals surface area contributed by atoms with Crippen LogP contribution in [0.15, 0.2) is 30.3 Å². The van der Waals surface area contributed by atoms with Crippen LogP contribution in [0.4, 0.5) is 4.79 Å². The van der Waals surface area contributed by atoms with Crippen LogP contribution < -0.4 is 16.0 Å². The summed E-state index contributed by atoms with van der Waals surface area (Å²) >= 11 is 12.3. The molecule has 0 saturated carbocycles. The van der Waals surface area contributed by atoms with Crippen LogP contribution in [0.2, 0.25) is 0 Å².